The number of hydrogen-bond acceptors (Lipinski definition) is 3. The zero-order valence-electron chi connectivity index (χ0n) is 6.92. The normalized spacial score (nSPS) is 24.8. The summed E-state index contributed by atoms with van der Waals surface area (Å²) in [5.74, 6) is 0.759. The third-order valence-corrected chi connectivity index (χ3v) is 1.57. The van der Waals surface area contributed by atoms with Crippen molar-refractivity contribution in [3.05, 3.63) is 0 Å². The number of aliphatic imine (C=N–C) groups is 1. The Morgan fingerprint density at radius 1 is 1.73 bits per heavy atom. The zero-order valence-corrected chi connectivity index (χ0v) is 7.82. The van der Waals surface area contributed by atoms with Crippen LogP contribution < -0.4 is 5.32 Å². The Hall–Kier alpha value is -0.380. The third kappa shape index (κ3) is 2.61. The first-order valence-corrected chi connectivity index (χ1v) is 4.33. The van der Waals surface area contributed by atoms with Crippen molar-refractivity contribution in [2.45, 2.75) is 19.4 Å². The first kappa shape index (κ1) is 8.71. The maximum Gasteiger partial charge on any atom is 0.285 e. The first-order valence-electron chi connectivity index (χ1n) is 3.70. The summed E-state index contributed by atoms with van der Waals surface area (Å²) in [7, 11) is 0. The molecule has 0 aromatic rings. The molecule has 0 radical (unpaired) electrons. The molecule has 1 saturated heterocycles. The van der Waals surface area contributed by atoms with Gasteiger partial charge in [-0.15, -0.1) is 0 Å². The van der Waals surface area contributed by atoms with E-state index in [1.807, 2.05) is 0 Å². The molecule has 64 valence electrons. The van der Waals surface area contributed by atoms with Crippen LogP contribution in [-0.2, 0) is 4.74 Å². The molecule has 3 nitrogen and oxygen atoms in total. The van der Waals surface area contributed by atoms with Gasteiger partial charge in [-0.05, 0) is 13.8 Å². The highest BCUT2D eigenvalue weighted by Crippen LogP contribution is 2.09. The number of nitrogens with zero attached hydrogens (tertiary/aromatic N) is 1. The van der Waals surface area contributed by atoms with Crippen LogP contribution in [-0.4, -0.2) is 30.5 Å². The summed E-state index contributed by atoms with van der Waals surface area (Å²) in [6.07, 6.45) is 0. The van der Waals surface area contributed by atoms with Gasteiger partial charge in [0.2, 0.25) is 0 Å². The summed E-state index contributed by atoms with van der Waals surface area (Å²) >= 11 is 4.05. The molecule has 0 aromatic heterocycles. The van der Waals surface area contributed by atoms with Crippen LogP contribution in [0.2, 0.25) is 0 Å². The average Bonchev–Trinajstić information content (AvgIpc) is 2.26. The average molecular weight is 174 g/mol. The Labute approximate surface area is 72.6 Å². The fraction of sp³-hybridized carbons (Fsp3) is 0.857. The van der Waals surface area contributed by atoms with E-state index in [-0.39, 0.29) is 5.54 Å². The van der Waals surface area contributed by atoms with Crippen LogP contribution in [0, 0.1) is 0 Å². The van der Waals surface area contributed by atoms with Crippen LogP contribution in [0.3, 0.4) is 0 Å². The smallest absolute Gasteiger partial charge is 0.285 e. The van der Waals surface area contributed by atoms with Crippen molar-refractivity contribution >= 4 is 18.7 Å². The van der Waals surface area contributed by atoms with E-state index in [2.05, 4.69) is 36.8 Å². The number of amidine groups is 1. The fourth-order valence-electron chi connectivity index (χ4n) is 0.847. The number of nitrogens with one attached hydrogen (secondary N) is 1. The maximum atomic E-state index is 5.28. The Morgan fingerprint density at radius 3 is 2.91 bits per heavy atom. The van der Waals surface area contributed by atoms with E-state index < -0.39 is 0 Å². The molecule has 0 aromatic carbocycles. The molecule has 0 saturated carbocycles. The predicted molar refractivity (Wildman–Crippen MR) is 49.3 cm³/mol. The largest absolute Gasteiger partial charge is 0.463 e. The van der Waals surface area contributed by atoms with Gasteiger partial charge in [-0.3, -0.25) is 0 Å². The van der Waals surface area contributed by atoms with E-state index in [1.165, 1.54) is 0 Å². The minimum Gasteiger partial charge on any atom is -0.463 e. The summed E-state index contributed by atoms with van der Waals surface area (Å²) in [5.41, 5.74) is 0.0371. The highest BCUT2D eigenvalue weighted by atomic mass is 32.1. The van der Waals surface area contributed by atoms with Gasteiger partial charge in [0.05, 0.1) is 12.1 Å². The van der Waals surface area contributed by atoms with Crippen LogP contribution in [0.25, 0.3) is 0 Å². The quantitative estimate of drug-likeness (QED) is 0.603. The summed E-state index contributed by atoms with van der Waals surface area (Å²) < 4.78 is 5.28. The molecule has 0 amide bonds. The number of thiol groups is 1. The van der Waals surface area contributed by atoms with Crippen LogP contribution in [0.4, 0.5) is 0 Å². The molecule has 11 heavy (non-hydrogen) atoms. The topological polar surface area (TPSA) is 33.6 Å². The molecule has 4 heteroatoms. The van der Waals surface area contributed by atoms with Gasteiger partial charge in [0, 0.05) is 5.75 Å². The Kier molecular flexibility index (Phi) is 2.65. The molecule has 1 rings (SSSR count). The summed E-state index contributed by atoms with van der Waals surface area (Å²) in [6, 6.07) is 0.657. The van der Waals surface area contributed by atoms with E-state index in [1.54, 1.807) is 0 Å². The number of rotatable bonds is 2. The monoisotopic (exact) mass is 174 g/mol. The second-order valence-electron chi connectivity index (χ2n) is 3.21. The number of ether oxygens (including phenoxy) is 1. The molecule has 1 aliphatic heterocycles. The van der Waals surface area contributed by atoms with Crippen molar-refractivity contribution < 1.29 is 4.74 Å². The predicted octanol–water partition coefficient (Wildman–Crippen LogP) is 0.671. The molecule has 0 aliphatic carbocycles. The van der Waals surface area contributed by atoms with Gasteiger partial charge >= 0.3 is 0 Å². The van der Waals surface area contributed by atoms with Gasteiger partial charge < -0.3 is 10.1 Å². The van der Waals surface area contributed by atoms with Gasteiger partial charge in [0.25, 0.3) is 6.02 Å². The van der Waals surface area contributed by atoms with Crippen molar-refractivity contribution in [2.75, 3.05) is 18.9 Å². The lowest BCUT2D eigenvalue weighted by atomic mass is 10.1. The third-order valence-electron chi connectivity index (χ3n) is 1.37. The molecule has 0 spiro atoms. The van der Waals surface area contributed by atoms with E-state index in [0.29, 0.717) is 19.2 Å². The second kappa shape index (κ2) is 3.34. The standard InChI is InChI=1S/C7H14N2OS/c1-7(2)5-10-6(9-7)8-3-4-11/h11H,3-5H2,1-2H3,(H,8,9). The number of hydrogen-bond donors (Lipinski definition) is 2. The first-order chi connectivity index (χ1) is 5.14. The SMILES string of the molecule is CC1(C)COC(=NCCS)N1. The zero-order chi connectivity index (χ0) is 8.32. The Morgan fingerprint density at radius 2 is 2.45 bits per heavy atom. The van der Waals surface area contributed by atoms with Crippen molar-refractivity contribution in [1.82, 2.24) is 5.32 Å². The Bertz CT molecular complexity index is 168. The summed E-state index contributed by atoms with van der Waals surface area (Å²) in [5, 5.41) is 3.16. The van der Waals surface area contributed by atoms with E-state index in [0.717, 1.165) is 5.75 Å². The maximum absolute atomic E-state index is 5.28. The second-order valence-corrected chi connectivity index (χ2v) is 3.66. The minimum absolute atomic E-state index is 0.0371. The van der Waals surface area contributed by atoms with Crippen molar-refractivity contribution in [1.29, 1.82) is 0 Å². The van der Waals surface area contributed by atoms with Crippen LogP contribution in [0.5, 0.6) is 0 Å². The molecule has 0 atom stereocenters. The van der Waals surface area contributed by atoms with Crippen molar-refractivity contribution in [3.63, 3.8) is 0 Å². The van der Waals surface area contributed by atoms with Crippen LogP contribution in [0.15, 0.2) is 4.99 Å². The van der Waals surface area contributed by atoms with Crippen LogP contribution >= 0.6 is 12.6 Å². The Balaban J connectivity index is 2.41. The summed E-state index contributed by atoms with van der Waals surface area (Å²) in [6.45, 7) is 5.56. The van der Waals surface area contributed by atoms with Crippen molar-refractivity contribution in [3.8, 4) is 0 Å². The molecular formula is C7H14N2OS. The fourth-order valence-corrected chi connectivity index (χ4v) is 0.947. The van der Waals surface area contributed by atoms with Crippen molar-refractivity contribution in [2.24, 2.45) is 4.99 Å². The highest BCUT2D eigenvalue weighted by molar-refractivity contribution is 7.80. The lowest BCUT2D eigenvalue weighted by Crippen LogP contribution is -2.36. The lowest BCUT2D eigenvalue weighted by Gasteiger charge is -2.12. The van der Waals surface area contributed by atoms with Gasteiger partial charge in [-0.1, -0.05) is 0 Å². The molecule has 1 N–H and O–H groups in total. The minimum atomic E-state index is 0.0371. The van der Waals surface area contributed by atoms with E-state index >= 15 is 0 Å². The molecular weight excluding hydrogens is 160 g/mol. The van der Waals surface area contributed by atoms with E-state index in [4.69, 9.17) is 4.74 Å². The highest BCUT2D eigenvalue weighted by Gasteiger charge is 2.27. The van der Waals surface area contributed by atoms with Gasteiger partial charge in [0.15, 0.2) is 0 Å². The molecule has 1 aliphatic rings. The van der Waals surface area contributed by atoms with Gasteiger partial charge in [0.1, 0.15) is 6.61 Å². The van der Waals surface area contributed by atoms with E-state index in [9.17, 15) is 0 Å². The van der Waals surface area contributed by atoms with Crippen LogP contribution in [0.1, 0.15) is 13.8 Å². The van der Waals surface area contributed by atoms with Gasteiger partial charge in [-0.2, -0.15) is 12.6 Å². The molecule has 1 fully saturated rings. The molecule has 0 bridgehead atoms. The lowest BCUT2D eigenvalue weighted by molar-refractivity contribution is 0.287. The summed E-state index contributed by atoms with van der Waals surface area (Å²) in [4.78, 5) is 4.14. The molecule has 0 unspecified atom stereocenters. The van der Waals surface area contributed by atoms with Gasteiger partial charge in [-0.25, -0.2) is 4.99 Å². The molecule has 1 heterocycles.